The molecular formula is C43H74ClN18O6-. The van der Waals surface area contributed by atoms with Gasteiger partial charge in [0.15, 0.2) is 0 Å². The standard InChI is InChI=1S/C43H74N18O6.ClH/c1-4-22-65-24-26-67-27-25-66-23-13-48-41-49-42(58-18-14-56(15-19-58)39(63)37(9-5-7-11-44)60-29-35(52-54-60)33(46)28-32(2)3)51-43(50-41)59-20-16-57(17-21-59)40(64)38(10-6-8-12-45)61-30-36(53-55-61)34(47)31-62;/h1,29-30,32-34,37-38,62H,5-28,31,44-47H2,2-3H3,(H,48,49,50,51);1H/p-1/t33-,34-,37-,38-;/m0./s1. The first kappa shape index (κ1) is 55.8. The number of rotatable bonds is 30. The molecule has 5 rings (SSSR count). The summed E-state index contributed by atoms with van der Waals surface area (Å²) in [5.74, 6) is 4.02. The van der Waals surface area contributed by atoms with E-state index >= 15 is 0 Å². The van der Waals surface area contributed by atoms with E-state index in [9.17, 15) is 14.7 Å². The average molecular weight is 975 g/mol. The molecule has 2 amide bonds. The summed E-state index contributed by atoms with van der Waals surface area (Å²) in [5, 5.41) is 29.9. The summed E-state index contributed by atoms with van der Waals surface area (Å²) in [6, 6.07) is -2.09. The van der Waals surface area contributed by atoms with E-state index in [4.69, 9.17) is 58.5 Å². The van der Waals surface area contributed by atoms with Crippen LogP contribution >= 0.6 is 0 Å². The maximum absolute atomic E-state index is 14.2. The summed E-state index contributed by atoms with van der Waals surface area (Å²) in [6.07, 6.45) is 13.6. The van der Waals surface area contributed by atoms with Gasteiger partial charge in [-0.05, 0) is 64.0 Å². The Balaban J connectivity index is 0.0000101. The van der Waals surface area contributed by atoms with Gasteiger partial charge in [0.2, 0.25) is 29.7 Å². The third-order valence-corrected chi connectivity index (χ3v) is 11.6. The van der Waals surface area contributed by atoms with Crippen LogP contribution in [0.4, 0.5) is 17.8 Å². The summed E-state index contributed by atoms with van der Waals surface area (Å²) >= 11 is 0. The minimum atomic E-state index is -0.696. The van der Waals surface area contributed by atoms with Crippen LogP contribution in [0, 0.1) is 18.3 Å². The number of nitrogens with zero attached hydrogens (tertiary/aromatic N) is 13. The Kier molecular flexibility index (Phi) is 24.5. The lowest BCUT2D eigenvalue weighted by molar-refractivity contribution is -0.136. The highest BCUT2D eigenvalue weighted by atomic mass is 35.5. The van der Waals surface area contributed by atoms with Crippen LogP contribution < -0.4 is 50.5 Å². The van der Waals surface area contributed by atoms with Crippen molar-refractivity contribution in [1.82, 2.24) is 54.7 Å². The zero-order valence-electron chi connectivity index (χ0n) is 39.8. The van der Waals surface area contributed by atoms with Gasteiger partial charge in [-0.3, -0.25) is 9.59 Å². The maximum atomic E-state index is 14.2. The van der Waals surface area contributed by atoms with Gasteiger partial charge in [-0.1, -0.05) is 30.2 Å². The van der Waals surface area contributed by atoms with Crippen LogP contribution in [0.15, 0.2) is 12.4 Å². The van der Waals surface area contributed by atoms with Crippen LogP contribution in [0.2, 0.25) is 0 Å². The highest BCUT2D eigenvalue weighted by Crippen LogP contribution is 2.26. The van der Waals surface area contributed by atoms with E-state index in [1.807, 2.05) is 20.9 Å². The minimum Gasteiger partial charge on any atom is -1.00 e. The summed E-state index contributed by atoms with van der Waals surface area (Å²) in [6.45, 7) is 11.4. The Morgan fingerprint density at radius 2 is 1.19 bits per heavy atom. The summed E-state index contributed by atoms with van der Waals surface area (Å²) in [7, 11) is 0. The van der Waals surface area contributed by atoms with Gasteiger partial charge in [0.1, 0.15) is 24.4 Å². The Hall–Kier alpha value is -4.84. The number of carbonyl (C=O) groups excluding carboxylic acids is 2. The molecule has 0 saturated carbocycles. The average Bonchev–Trinajstić information content (AvgIpc) is 4.04. The maximum Gasteiger partial charge on any atom is 0.247 e. The molecule has 10 N–H and O–H groups in total. The van der Waals surface area contributed by atoms with Crippen LogP contribution in [0.5, 0.6) is 0 Å². The van der Waals surface area contributed by atoms with E-state index < -0.39 is 18.1 Å². The molecule has 2 aliphatic heterocycles. The second kappa shape index (κ2) is 29.9. The molecule has 0 aromatic carbocycles. The zero-order valence-corrected chi connectivity index (χ0v) is 40.5. The smallest absolute Gasteiger partial charge is 0.247 e. The lowest BCUT2D eigenvalue weighted by atomic mass is 10.0. The van der Waals surface area contributed by atoms with Gasteiger partial charge in [0, 0.05) is 58.9 Å². The third-order valence-electron chi connectivity index (χ3n) is 11.6. The van der Waals surface area contributed by atoms with Crippen molar-refractivity contribution < 1.29 is 41.3 Å². The zero-order chi connectivity index (χ0) is 48.0. The number of hydrogen-bond acceptors (Lipinski definition) is 20. The second-order valence-electron chi connectivity index (χ2n) is 17.2. The predicted molar refractivity (Wildman–Crippen MR) is 252 cm³/mol. The number of aliphatic hydroxyl groups is 1. The fourth-order valence-electron chi connectivity index (χ4n) is 7.85. The van der Waals surface area contributed by atoms with Crippen LogP contribution in [-0.4, -0.2) is 190 Å². The summed E-state index contributed by atoms with van der Waals surface area (Å²) in [5.41, 5.74) is 25.1. The number of hydrogen-bond donors (Lipinski definition) is 6. The SMILES string of the molecule is C#CCOCCOCCOCCNc1nc(N2CCN(C(=O)[C@H](CCCCN)n3cc([C@@H](N)CO)nn3)CC2)nc(N2CCN(C(=O)[C@H](CCCCN)n3cc([C@@H](N)CC(C)C)nn3)CC2)n1.[Cl-]. The van der Waals surface area contributed by atoms with Crippen LogP contribution in [0.1, 0.15) is 94.3 Å². The van der Waals surface area contributed by atoms with Crippen LogP contribution in [-0.2, 0) is 23.8 Å². The molecular weight excluding hydrogens is 900 g/mol. The van der Waals surface area contributed by atoms with Gasteiger partial charge < -0.3 is 79.6 Å². The molecule has 5 heterocycles. The molecule has 0 aliphatic carbocycles. The van der Waals surface area contributed by atoms with Crippen LogP contribution in [0.25, 0.3) is 0 Å². The highest BCUT2D eigenvalue weighted by Gasteiger charge is 2.33. The van der Waals surface area contributed by atoms with Gasteiger partial charge >= 0.3 is 0 Å². The number of ether oxygens (including phenoxy) is 3. The topological polar surface area (TPSA) is 311 Å². The number of aromatic nitrogens is 9. The van der Waals surface area contributed by atoms with Crippen molar-refractivity contribution in [3.05, 3.63) is 23.8 Å². The number of piperazine rings is 2. The van der Waals surface area contributed by atoms with Crippen molar-refractivity contribution in [3.63, 3.8) is 0 Å². The van der Waals surface area contributed by atoms with Crippen molar-refractivity contribution in [2.45, 2.75) is 83.0 Å². The van der Waals surface area contributed by atoms with Crippen molar-refractivity contribution in [3.8, 4) is 12.3 Å². The first-order valence-corrected chi connectivity index (χ1v) is 23.7. The Bertz CT molecular complexity index is 1950. The van der Waals surface area contributed by atoms with Gasteiger partial charge in [-0.25, -0.2) is 9.36 Å². The minimum absolute atomic E-state index is 0. The first-order valence-electron chi connectivity index (χ1n) is 23.7. The molecule has 380 valence electrons. The van der Waals surface area contributed by atoms with Crippen molar-refractivity contribution in [2.24, 2.45) is 28.9 Å². The Labute approximate surface area is 405 Å². The molecule has 2 saturated heterocycles. The number of halogens is 1. The second-order valence-corrected chi connectivity index (χ2v) is 17.2. The molecule has 2 fully saturated rings. The monoisotopic (exact) mass is 974 g/mol. The molecule has 4 atom stereocenters. The number of aliphatic hydroxyl groups excluding tert-OH is 1. The van der Waals surface area contributed by atoms with E-state index in [0.29, 0.717) is 153 Å². The number of unbranched alkanes of at least 4 members (excludes halogenated alkanes) is 2. The number of amides is 2. The fraction of sp³-hybridized carbons (Fsp3) is 0.744. The lowest BCUT2D eigenvalue weighted by Crippen LogP contribution is -3.00. The molecule has 3 aromatic rings. The largest absolute Gasteiger partial charge is 1.00 e. The molecule has 0 bridgehead atoms. The van der Waals surface area contributed by atoms with E-state index in [1.54, 1.807) is 15.6 Å². The van der Waals surface area contributed by atoms with Gasteiger partial charge in [0.05, 0.1) is 69.8 Å². The Morgan fingerprint density at radius 1 is 0.721 bits per heavy atom. The van der Waals surface area contributed by atoms with Crippen molar-refractivity contribution in [2.75, 3.05) is 133 Å². The Morgan fingerprint density at radius 3 is 1.65 bits per heavy atom. The molecule has 2 aliphatic rings. The van der Waals surface area contributed by atoms with Gasteiger partial charge in [-0.15, -0.1) is 16.6 Å². The molecule has 0 spiro atoms. The number of carbonyl (C=O) groups is 2. The predicted octanol–water partition coefficient (Wildman–Crippen LogP) is -3.77. The van der Waals surface area contributed by atoms with E-state index in [1.165, 1.54) is 0 Å². The highest BCUT2D eigenvalue weighted by molar-refractivity contribution is 5.81. The van der Waals surface area contributed by atoms with E-state index in [0.717, 1.165) is 32.1 Å². The first-order chi connectivity index (χ1) is 32.6. The molecule has 3 aromatic heterocycles. The van der Waals surface area contributed by atoms with Gasteiger partial charge in [0.25, 0.3) is 0 Å². The number of anilines is 3. The lowest BCUT2D eigenvalue weighted by Gasteiger charge is -2.38. The molecule has 24 nitrogen and oxygen atoms in total. The normalized spacial score (nSPS) is 16.0. The number of nitrogens with one attached hydrogen (secondary N) is 1. The molecule has 0 unspecified atom stereocenters. The van der Waals surface area contributed by atoms with Crippen LogP contribution in [0.3, 0.4) is 0 Å². The molecule has 68 heavy (non-hydrogen) atoms. The third kappa shape index (κ3) is 17.0. The van der Waals surface area contributed by atoms with E-state index in [2.05, 4.69) is 50.6 Å². The van der Waals surface area contributed by atoms with E-state index in [-0.39, 0.29) is 43.5 Å². The van der Waals surface area contributed by atoms with Crippen molar-refractivity contribution >= 4 is 29.7 Å². The molecule has 0 radical (unpaired) electrons. The number of terminal acetylenes is 1. The van der Waals surface area contributed by atoms with Gasteiger partial charge in [-0.2, -0.15) is 15.0 Å². The fourth-order valence-corrected chi connectivity index (χ4v) is 7.85. The number of nitrogens with two attached hydrogens (primary N) is 4. The quantitative estimate of drug-likeness (QED) is 0.0276. The van der Waals surface area contributed by atoms with Crippen molar-refractivity contribution in [1.29, 1.82) is 0 Å². The summed E-state index contributed by atoms with van der Waals surface area (Å²) < 4.78 is 19.7. The summed E-state index contributed by atoms with van der Waals surface area (Å²) in [4.78, 5) is 50.7. The molecule has 25 heteroatoms.